The Morgan fingerprint density at radius 3 is 2.61 bits per heavy atom. The van der Waals surface area contributed by atoms with E-state index in [1.807, 2.05) is 71.0 Å². The van der Waals surface area contributed by atoms with Gasteiger partial charge in [-0.15, -0.1) is 11.3 Å². The predicted molar refractivity (Wildman–Crippen MR) is 143 cm³/mol. The standard InChI is InChI=1S/C28H25N3O3S2/c1-17-6-5-9-19(14-17)26(33)30-13-12-21-23(15-30)36-25-24(21)27(34)31(20-10-11-20)28(29-25)35-16-22(32)18-7-3-2-4-8-18/h2-9,14,20H,10-13,15-16H2,1H3. The van der Waals surface area contributed by atoms with Crippen LogP contribution in [0.3, 0.4) is 0 Å². The van der Waals surface area contributed by atoms with Crippen LogP contribution in [0.4, 0.5) is 0 Å². The van der Waals surface area contributed by atoms with E-state index in [1.165, 1.54) is 23.1 Å². The molecule has 1 aliphatic heterocycles. The molecule has 1 amide bonds. The Balaban J connectivity index is 1.31. The van der Waals surface area contributed by atoms with Crippen molar-refractivity contribution >= 4 is 45.0 Å². The minimum Gasteiger partial charge on any atom is -0.333 e. The Morgan fingerprint density at radius 1 is 1.08 bits per heavy atom. The van der Waals surface area contributed by atoms with E-state index in [0.717, 1.165) is 28.8 Å². The average molecular weight is 516 g/mol. The zero-order chi connectivity index (χ0) is 24.8. The molecule has 6 rings (SSSR count). The Hall–Kier alpha value is -3.23. The number of Topliss-reactive ketones (excluding diaryl/α,β-unsaturated/α-hetero) is 1. The van der Waals surface area contributed by atoms with Crippen LogP contribution in [0, 0.1) is 6.92 Å². The summed E-state index contributed by atoms with van der Waals surface area (Å²) < 4.78 is 1.81. The minimum atomic E-state index is -0.00637. The van der Waals surface area contributed by atoms with Crippen molar-refractivity contribution in [2.75, 3.05) is 12.3 Å². The number of ketones is 1. The molecule has 8 heteroatoms. The summed E-state index contributed by atoms with van der Waals surface area (Å²) in [6, 6.07) is 17.0. The monoisotopic (exact) mass is 515 g/mol. The van der Waals surface area contributed by atoms with Gasteiger partial charge in [-0.1, -0.05) is 59.8 Å². The number of fused-ring (bicyclic) bond motifs is 3. The summed E-state index contributed by atoms with van der Waals surface area (Å²) in [4.78, 5) is 48.0. The molecule has 0 atom stereocenters. The SMILES string of the molecule is Cc1cccc(C(=O)N2CCc3c(sc4nc(SCC(=O)c5ccccc5)n(C5CC5)c(=O)c34)C2)c1. The smallest absolute Gasteiger partial charge is 0.263 e. The third-order valence-corrected chi connectivity index (χ3v) is 8.83. The molecule has 2 aliphatic rings. The van der Waals surface area contributed by atoms with Crippen molar-refractivity contribution in [2.45, 2.75) is 43.9 Å². The number of aryl methyl sites for hydroxylation is 1. The number of rotatable bonds is 6. The number of benzene rings is 2. The Kier molecular flexibility index (Phi) is 6.01. The molecule has 1 saturated carbocycles. The van der Waals surface area contributed by atoms with Crippen LogP contribution in [-0.4, -0.2) is 38.4 Å². The van der Waals surface area contributed by atoms with E-state index in [9.17, 15) is 14.4 Å². The molecule has 3 heterocycles. The van der Waals surface area contributed by atoms with Gasteiger partial charge >= 0.3 is 0 Å². The Bertz CT molecular complexity index is 1550. The second-order valence-corrected chi connectivity index (χ2v) is 11.4. The number of hydrogen-bond acceptors (Lipinski definition) is 6. The molecule has 1 fully saturated rings. The highest BCUT2D eigenvalue weighted by Crippen LogP contribution is 2.39. The van der Waals surface area contributed by atoms with E-state index in [4.69, 9.17) is 4.98 Å². The van der Waals surface area contributed by atoms with Crippen molar-refractivity contribution in [1.29, 1.82) is 0 Å². The number of nitrogens with zero attached hydrogens (tertiary/aromatic N) is 3. The molecule has 4 aromatic rings. The van der Waals surface area contributed by atoms with Gasteiger partial charge in [-0.2, -0.15) is 0 Å². The molecule has 182 valence electrons. The van der Waals surface area contributed by atoms with Crippen molar-refractivity contribution in [3.05, 3.63) is 92.1 Å². The largest absolute Gasteiger partial charge is 0.333 e. The highest BCUT2D eigenvalue weighted by molar-refractivity contribution is 7.99. The van der Waals surface area contributed by atoms with Crippen molar-refractivity contribution in [3.63, 3.8) is 0 Å². The molecule has 36 heavy (non-hydrogen) atoms. The number of carbonyl (C=O) groups is 2. The van der Waals surface area contributed by atoms with Crippen LogP contribution in [0.25, 0.3) is 10.2 Å². The van der Waals surface area contributed by atoms with Crippen LogP contribution in [0.5, 0.6) is 0 Å². The predicted octanol–water partition coefficient (Wildman–Crippen LogP) is 5.27. The first-order chi connectivity index (χ1) is 17.5. The van der Waals surface area contributed by atoms with Gasteiger partial charge in [0.1, 0.15) is 4.83 Å². The molecule has 0 radical (unpaired) electrons. The number of carbonyl (C=O) groups excluding carboxylic acids is 2. The quantitative estimate of drug-likeness (QED) is 0.199. The molecular weight excluding hydrogens is 490 g/mol. The fraction of sp³-hybridized carbons (Fsp3) is 0.286. The van der Waals surface area contributed by atoms with Gasteiger partial charge in [0.05, 0.1) is 17.7 Å². The second kappa shape index (κ2) is 9.33. The molecule has 2 aromatic heterocycles. The summed E-state index contributed by atoms with van der Waals surface area (Å²) in [6.07, 6.45) is 2.56. The number of hydrogen-bond donors (Lipinski definition) is 0. The molecule has 0 bridgehead atoms. The van der Waals surface area contributed by atoms with Gasteiger partial charge in [0.2, 0.25) is 0 Å². The van der Waals surface area contributed by atoms with Gasteiger partial charge in [0.25, 0.3) is 11.5 Å². The highest BCUT2D eigenvalue weighted by atomic mass is 32.2. The fourth-order valence-electron chi connectivity index (χ4n) is 4.76. The van der Waals surface area contributed by atoms with Crippen LogP contribution < -0.4 is 5.56 Å². The van der Waals surface area contributed by atoms with Crippen LogP contribution in [-0.2, 0) is 13.0 Å². The maximum Gasteiger partial charge on any atom is 0.263 e. The van der Waals surface area contributed by atoms with E-state index in [0.29, 0.717) is 46.0 Å². The van der Waals surface area contributed by atoms with Crippen molar-refractivity contribution < 1.29 is 9.59 Å². The number of amides is 1. The summed E-state index contributed by atoms with van der Waals surface area (Å²) in [5, 5.41) is 1.31. The first-order valence-corrected chi connectivity index (χ1v) is 13.9. The van der Waals surface area contributed by atoms with Crippen molar-refractivity contribution in [3.8, 4) is 0 Å². The molecule has 2 aromatic carbocycles. The van der Waals surface area contributed by atoms with E-state index in [1.54, 1.807) is 0 Å². The molecule has 0 unspecified atom stereocenters. The van der Waals surface area contributed by atoms with Gasteiger partial charge < -0.3 is 4.90 Å². The zero-order valence-electron chi connectivity index (χ0n) is 19.9. The van der Waals surface area contributed by atoms with Gasteiger partial charge in [-0.25, -0.2) is 4.98 Å². The number of thiophene rings is 1. The summed E-state index contributed by atoms with van der Waals surface area (Å²) in [5.74, 6) is 0.271. The van der Waals surface area contributed by atoms with Crippen LogP contribution in [0.2, 0.25) is 0 Å². The van der Waals surface area contributed by atoms with E-state index in [2.05, 4.69) is 0 Å². The lowest BCUT2D eigenvalue weighted by Gasteiger charge is -2.27. The molecule has 0 N–H and O–H groups in total. The lowest BCUT2D eigenvalue weighted by Crippen LogP contribution is -2.35. The Labute approximate surface area is 217 Å². The third-order valence-electron chi connectivity index (χ3n) is 6.77. The van der Waals surface area contributed by atoms with Crippen molar-refractivity contribution in [1.82, 2.24) is 14.5 Å². The van der Waals surface area contributed by atoms with Crippen LogP contribution in [0.15, 0.2) is 64.5 Å². The molecule has 0 saturated heterocycles. The summed E-state index contributed by atoms with van der Waals surface area (Å²) in [7, 11) is 0. The summed E-state index contributed by atoms with van der Waals surface area (Å²) in [6.45, 7) is 3.05. The first kappa shape index (κ1) is 23.2. The number of thioether (sulfide) groups is 1. The van der Waals surface area contributed by atoms with Gasteiger partial charge in [-0.05, 0) is 43.9 Å². The maximum absolute atomic E-state index is 13.7. The maximum atomic E-state index is 13.7. The van der Waals surface area contributed by atoms with E-state index < -0.39 is 0 Å². The van der Waals surface area contributed by atoms with Crippen LogP contribution in [0.1, 0.15) is 55.6 Å². The van der Waals surface area contributed by atoms with E-state index >= 15 is 0 Å². The van der Waals surface area contributed by atoms with Gasteiger partial charge in [-0.3, -0.25) is 19.0 Å². The molecule has 1 aliphatic carbocycles. The van der Waals surface area contributed by atoms with E-state index in [-0.39, 0.29) is 29.0 Å². The lowest BCUT2D eigenvalue weighted by molar-refractivity contribution is 0.0737. The molecule has 0 spiro atoms. The minimum absolute atomic E-state index is 0.00637. The molecular formula is C28H25N3O3S2. The van der Waals surface area contributed by atoms with Gasteiger partial charge in [0, 0.05) is 28.6 Å². The van der Waals surface area contributed by atoms with Gasteiger partial charge in [0.15, 0.2) is 10.9 Å². The third kappa shape index (κ3) is 4.29. The van der Waals surface area contributed by atoms with Crippen molar-refractivity contribution in [2.24, 2.45) is 0 Å². The lowest BCUT2D eigenvalue weighted by atomic mass is 10.0. The Morgan fingerprint density at radius 2 is 1.86 bits per heavy atom. The topological polar surface area (TPSA) is 72.3 Å². The number of aromatic nitrogens is 2. The second-order valence-electron chi connectivity index (χ2n) is 9.41. The normalized spacial score (nSPS) is 15.2. The fourth-order valence-corrected chi connectivity index (χ4v) is 7.00. The average Bonchev–Trinajstić information content (AvgIpc) is 3.66. The summed E-state index contributed by atoms with van der Waals surface area (Å²) in [5.41, 5.74) is 3.44. The first-order valence-electron chi connectivity index (χ1n) is 12.1. The van der Waals surface area contributed by atoms with Crippen LogP contribution >= 0.6 is 23.1 Å². The zero-order valence-corrected chi connectivity index (χ0v) is 21.5. The molecule has 6 nitrogen and oxygen atoms in total. The summed E-state index contributed by atoms with van der Waals surface area (Å²) >= 11 is 2.84. The highest BCUT2D eigenvalue weighted by Gasteiger charge is 2.32.